The Labute approximate surface area is 157 Å². The fourth-order valence-electron chi connectivity index (χ4n) is 2.87. The molecule has 136 valence electrons. The van der Waals surface area contributed by atoms with Crippen molar-refractivity contribution in [3.8, 4) is 0 Å². The summed E-state index contributed by atoms with van der Waals surface area (Å²) in [5.74, 6) is -0.0493. The Bertz CT molecular complexity index is 1070. The maximum atomic E-state index is 13.0. The second-order valence-corrected chi connectivity index (χ2v) is 8.87. The highest BCUT2D eigenvalue weighted by Gasteiger charge is 2.23. The van der Waals surface area contributed by atoms with Crippen LogP contribution in [0.25, 0.3) is 10.1 Å². The van der Waals surface area contributed by atoms with Crippen LogP contribution in [0.2, 0.25) is 0 Å². The van der Waals surface area contributed by atoms with Gasteiger partial charge < -0.3 is 4.90 Å². The van der Waals surface area contributed by atoms with Crippen molar-refractivity contribution in [1.82, 2.24) is 4.90 Å². The molecule has 1 amide bonds. The van der Waals surface area contributed by atoms with Crippen molar-refractivity contribution < 1.29 is 13.2 Å². The minimum absolute atomic E-state index is 0.0493. The molecule has 3 rings (SSSR count). The van der Waals surface area contributed by atoms with Crippen LogP contribution in [0.4, 0.5) is 0 Å². The number of benzene rings is 2. The lowest BCUT2D eigenvalue weighted by molar-refractivity contribution is 0.0747. The van der Waals surface area contributed by atoms with E-state index in [9.17, 15) is 13.2 Å². The zero-order valence-corrected chi connectivity index (χ0v) is 16.4. The van der Waals surface area contributed by atoms with Gasteiger partial charge in [-0.15, -0.1) is 11.3 Å². The van der Waals surface area contributed by atoms with E-state index in [1.807, 2.05) is 38.1 Å². The summed E-state index contributed by atoms with van der Waals surface area (Å²) in [6, 6.07) is 14.1. The summed E-state index contributed by atoms with van der Waals surface area (Å²) >= 11 is 1.49. The number of hydrogen-bond donors (Lipinski definition) is 1. The topological polar surface area (TPSA) is 80.5 Å². The van der Waals surface area contributed by atoms with Crippen molar-refractivity contribution >= 4 is 37.4 Å². The maximum Gasteiger partial charge on any atom is 0.264 e. The molecule has 0 spiro atoms. The quantitative estimate of drug-likeness (QED) is 0.740. The van der Waals surface area contributed by atoms with E-state index in [1.54, 1.807) is 24.1 Å². The number of sulfonamides is 1. The lowest BCUT2D eigenvalue weighted by Crippen LogP contribution is -2.29. The summed E-state index contributed by atoms with van der Waals surface area (Å²) in [6.45, 7) is 3.87. The third kappa shape index (κ3) is 3.38. The molecule has 0 bridgehead atoms. The standard InChI is InChI=1S/C19H20N2O3S2/c1-12-16-6-4-5-7-17(16)25-18(12)19(22)21(3)13(2)14-8-10-15(11-9-14)26(20,23)24/h4-11,13H,1-3H3,(H2,20,23,24)/t13-/m1/s1. The molecule has 7 heteroatoms. The molecule has 0 fully saturated rings. The van der Waals surface area contributed by atoms with Crippen molar-refractivity contribution in [2.75, 3.05) is 7.05 Å². The molecule has 2 N–H and O–H groups in total. The van der Waals surface area contributed by atoms with Crippen LogP contribution in [0.5, 0.6) is 0 Å². The van der Waals surface area contributed by atoms with Crippen LogP contribution in [-0.4, -0.2) is 26.3 Å². The minimum Gasteiger partial charge on any atom is -0.334 e. The van der Waals surface area contributed by atoms with Gasteiger partial charge in [-0.05, 0) is 48.6 Å². The normalized spacial score (nSPS) is 12.9. The minimum atomic E-state index is -3.72. The van der Waals surface area contributed by atoms with Crippen molar-refractivity contribution in [3.63, 3.8) is 0 Å². The van der Waals surface area contributed by atoms with E-state index in [1.165, 1.54) is 23.5 Å². The molecule has 0 aliphatic rings. The molecule has 2 aromatic carbocycles. The van der Waals surface area contributed by atoms with E-state index in [4.69, 9.17) is 5.14 Å². The monoisotopic (exact) mass is 388 g/mol. The van der Waals surface area contributed by atoms with E-state index in [-0.39, 0.29) is 16.8 Å². The van der Waals surface area contributed by atoms with Gasteiger partial charge in [0.05, 0.1) is 15.8 Å². The van der Waals surface area contributed by atoms with Gasteiger partial charge in [-0.2, -0.15) is 0 Å². The third-order valence-corrected chi connectivity index (χ3v) is 6.82. The number of nitrogens with two attached hydrogens (primary N) is 1. The molecule has 0 aliphatic carbocycles. The molecule has 0 unspecified atom stereocenters. The number of amides is 1. The van der Waals surface area contributed by atoms with Crippen molar-refractivity contribution in [3.05, 3.63) is 64.5 Å². The number of carbonyl (C=O) groups excluding carboxylic acids is 1. The van der Waals surface area contributed by atoms with Gasteiger partial charge in [-0.1, -0.05) is 30.3 Å². The molecule has 5 nitrogen and oxygen atoms in total. The first-order chi connectivity index (χ1) is 12.2. The zero-order valence-electron chi connectivity index (χ0n) is 14.8. The Morgan fingerprint density at radius 2 is 1.73 bits per heavy atom. The number of nitrogens with zero attached hydrogens (tertiary/aromatic N) is 1. The van der Waals surface area contributed by atoms with Gasteiger partial charge in [0.1, 0.15) is 0 Å². The molecule has 26 heavy (non-hydrogen) atoms. The molecule has 0 radical (unpaired) electrons. The Kier molecular flexibility index (Phi) is 4.88. The van der Waals surface area contributed by atoms with Gasteiger partial charge in [0.15, 0.2) is 0 Å². The molecule has 0 saturated heterocycles. The number of primary sulfonamides is 1. The molecular formula is C19H20N2O3S2. The summed E-state index contributed by atoms with van der Waals surface area (Å²) in [6.07, 6.45) is 0. The van der Waals surface area contributed by atoms with Crippen LogP contribution in [0.15, 0.2) is 53.4 Å². The Morgan fingerprint density at radius 1 is 1.12 bits per heavy atom. The average molecular weight is 389 g/mol. The van der Waals surface area contributed by atoms with Crippen LogP contribution in [0.3, 0.4) is 0 Å². The zero-order chi connectivity index (χ0) is 19.1. The van der Waals surface area contributed by atoms with Crippen molar-refractivity contribution in [2.45, 2.75) is 24.8 Å². The lowest BCUT2D eigenvalue weighted by Gasteiger charge is -2.25. The maximum absolute atomic E-state index is 13.0. The molecule has 3 aromatic rings. The van der Waals surface area contributed by atoms with E-state index in [0.717, 1.165) is 26.1 Å². The molecule has 0 aliphatic heterocycles. The van der Waals surface area contributed by atoms with Gasteiger partial charge in [-0.3, -0.25) is 4.79 Å². The number of thiophene rings is 1. The summed E-state index contributed by atoms with van der Waals surface area (Å²) in [5.41, 5.74) is 1.83. The predicted molar refractivity (Wildman–Crippen MR) is 105 cm³/mol. The van der Waals surface area contributed by atoms with Gasteiger partial charge in [0, 0.05) is 11.7 Å². The van der Waals surface area contributed by atoms with Crippen molar-refractivity contribution in [2.24, 2.45) is 5.14 Å². The van der Waals surface area contributed by atoms with Gasteiger partial charge in [0.2, 0.25) is 10.0 Å². The Hall–Kier alpha value is -2.22. The Balaban J connectivity index is 1.88. The number of carbonyl (C=O) groups is 1. The first-order valence-corrected chi connectivity index (χ1v) is 10.4. The molecule has 1 aromatic heterocycles. The third-order valence-electron chi connectivity index (χ3n) is 4.63. The predicted octanol–water partition coefficient (Wildman–Crippen LogP) is 3.69. The molecule has 1 heterocycles. The SMILES string of the molecule is Cc1c(C(=O)N(C)[C@H](C)c2ccc(S(N)(=O)=O)cc2)sc2ccccc12. The lowest BCUT2D eigenvalue weighted by atomic mass is 10.1. The number of aryl methyl sites for hydroxylation is 1. The van der Waals surface area contributed by atoms with E-state index in [2.05, 4.69) is 0 Å². The summed E-state index contributed by atoms with van der Waals surface area (Å²) < 4.78 is 23.8. The van der Waals surface area contributed by atoms with E-state index < -0.39 is 10.0 Å². The second-order valence-electron chi connectivity index (χ2n) is 6.26. The first kappa shape index (κ1) is 18.6. The van der Waals surface area contributed by atoms with Crippen LogP contribution in [0.1, 0.15) is 33.8 Å². The fourth-order valence-corrected chi connectivity index (χ4v) is 4.58. The van der Waals surface area contributed by atoms with Crippen LogP contribution in [0, 0.1) is 6.92 Å². The van der Waals surface area contributed by atoms with E-state index >= 15 is 0 Å². The highest BCUT2D eigenvalue weighted by atomic mass is 32.2. The van der Waals surface area contributed by atoms with Gasteiger partial charge in [0.25, 0.3) is 5.91 Å². The summed E-state index contributed by atoms with van der Waals surface area (Å²) in [5, 5.41) is 6.23. The summed E-state index contributed by atoms with van der Waals surface area (Å²) in [4.78, 5) is 15.4. The van der Waals surface area contributed by atoms with E-state index in [0.29, 0.717) is 0 Å². The first-order valence-electron chi connectivity index (χ1n) is 8.08. The largest absolute Gasteiger partial charge is 0.334 e. The second kappa shape index (κ2) is 6.83. The van der Waals surface area contributed by atoms with Crippen molar-refractivity contribution in [1.29, 1.82) is 0 Å². The summed E-state index contributed by atoms with van der Waals surface area (Å²) in [7, 11) is -1.97. The van der Waals surface area contributed by atoms with Gasteiger partial charge in [-0.25, -0.2) is 13.6 Å². The highest BCUT2D eigenvalue weighted by molar-refractivity contribution is 7.89. The molecule has 0 saturated carbocycles. The Morgan fingerprint density at radius 3 is 2.31 bits per heavy atom. The smallest absolute Gasteiger partial charge is 0.264 e. The molecular weight excluding hydrogens is 368 g/mol. The van der Waals surface area contributed by atoms with Crippen LogP contribution in [-0.2, 0) is 10.0 Å². The number of fused-ring (bicyclic) bond motifs is 1. The number of rotatable bonds is 4. The highest BCUT2D eigenvalue weighted by Crippen LogP contribution is 2.33. The van der Waals surface area contributed by atoms with Crippen LogP contribution >= 0.6 is 11.3 Å². The fraction of sp³-hybridized carbons (Fsp3) is 0.211. The van der Waals surface area contributed by atoms with Gasteiger partial charge >= 0.3 is 0 Å². The number of hydrogen-bond acceptors (Lipinski definition) is 4. The molecule has 1 atom stereocenters. The average Bonchev–Trinajstić information content (AvgIpc) is 2.96. The van der Waals surface area contributed by atoms with Crippen LogP contribution < -0.4 is 5.14 Å².